The number of amides is 1. The molecule has 16 heavy (non-hydrogen) atoms. The van der Waals surface area contributed by atoms with E-state index in [1.165, 1.54) is 25.7 Å². The van der Waals surface area contributed by atoms with Crippen LogP contribution in [-0.2, 0) is 4.79 Å². The molecule has 3 N–H and O–H groups in total. The van der Waals surface area contributed by atoms with Gasteiger partial charge in [-0.1, -0.05) is 12.8 Å². The Morgan fingerprint density at radius 3 is 2.50 bits per heavy atom. The van der Waals surface area contributed by atoms with Crippen LogP contribution in [-0.4, -0.2) is 35.2 Å². The summed E-state index contributed by atoms with van der Waals surface area (Å²) in [5.74, 6) is -0.0437. The number of hydrogen-bond acceptors (Lipinski definition) is 3. The molecule has 1 unspecified atom stereocenters. The molecule has 0 heterocycles. The second kappa shape index (κ2) is 5.64. The fraction of sp³-hybridized carbons (Fsp3) is 0.917. The summed E-state index contributed by atoms with van der Waals surface area (Å²) in [6.45, 7) is 5.68. The minimum atomic E-state index is -0.561. The minimum Gasteiger partial charge on any atom is -0.391 e. The van der Waals surface area contributed by atoms with Crippen molar-refractivity contribution in [3.05, 3.63) is 0 Å². The molecular formula is C12H24N2O2. The first-order chi connectivity index (χ1) is 7.42. The van der Waals surface area contributed by atoms with Crippen LogP contribution in [0.2, 0.25) is 0 Å². The molecule has 1 fully saturated rings. The Kier molecular flexibility index (Phi) is 4.74. The van der Waals surface area contributed by atoms with E-state index in [-0.39, 0.29) is 5.91 Å². The Hall–Kier alpha value is -0.610. The third-order valence-corrected chi connectivity index (χ3v) is 3.41. The Bertz CT molecular complexity index is 233. The van der Waals surface area contributed by atoms with E-state index >= 15 is 0 Å². The van der Waals surface area contributed by atoms with Gasteiger partial charge in [0.05, 0.1) is 18.2 Å². The van der Waals surface area contributed by atoms with Gasteiger partial charge in [0.2, 0.25) is 5.91 Å². The van der Waals surface area contributed by atoms with Gasteiger partial charge in [-0.15, -0.1) is 0 Å². The van der Waals surface area contributed by atoms with Gasteiger partial charge >= 0.3 is 0 Å². The zero-order chi connectivity index (χ0) is 12.2. The standard InChI is InChI=1S/C12H24N2O2/c1-9(15)12(2,3)14-11(16)8-13-10-6-4-5-7-10/h9-10,13,15H,4-8H2,1-3H3,(H,14,16). The number of nitrogens with one attached hydrogen (secondary N) is 2. The van der Waals surface area contributed by atoms with Crippen molar-refractivity contribution in [1.29, 1.82) is 0 Å². The van der Waals surface area contributed by atoms with Gasteiger partial charge in [-0.2, -0.15) is 0 Å². The number of carbonyl (C=O) groups is 1. The zero-order valence-electron chi connectivity index (χ0n) is 10.5. The molecule has 0 spiro atoms. The van der Waals surface area contributed by atoms with Gasteiger partial charge in [-0.25, -0.2) is 0 Å². The van der Waals surface area contributed by atoms with E-state index in [4.69, 9.17) is 0 Å². The SMILES string of the molecule is CC(O)C(C)(C)NC(=O)CNC1CCCC1. The van der Waals surface area contributed by atoms with Gasteiger partial charge in [0, 0.05) is 6.04 Å². The van der Waals surface area contributed by atoms with Crippen molar-refractivity contribution in [2.24, 2.45) is 0 Å². The number of carbonyl (C=O) groups excluding carboxylic acids is 1. The average molecular weight is 228 g/mol. The number of aliphatic hydroxyl groups is 1. The third kappa shape index (κ3) is 4.10. The number of aliphatic hydroxyl groups excluding tert-OH is 1. The van der Waals surface area contributed by atoms with E-state index in [1.54, 1.807) is 6.92 Å². The minimum absolute atomic E-state index is 0.0437. The molecular weight excluding hydrogens is 204 g/mol. The molecule has 4 nitrogen and oxygen atoms in total. The smallest absolute Gasteiger partial charge is 0.234 e. The van der Waals surface area contributed by atoms with Crippen LogP contribution in [0.5, 0.6) is 0 Å². The highest BCUT2D eigenvalue weighted by Crippen LogP contribution is 2.17. The van der Waals surface area contributed by atoms with Crippen molar-refractivity contribution in [1.82, 2.24) is 10.6 Å². The first-order valence-electron chi connectivity index (χ1n) is 6.14. The van der Waals surface area contributed by atoms with Crippen LogP contribution in [0.4, 0.5) is 0 Å². The van der Waals surface area contributed by atoms with Crippen LogP contribution in [0, 0.1) is 0 Å². The maximum absolute atomic E-state index is 11.6. The lowest BCUT2D eigenvalue weighted by atomic mass is 9.99. The molecule has 94 valence electrons. The molecule has 1 aliphatic carbocycles. The molecule has 1 rings (SSSR count). The fourth-order valence-electron chi connectivity index (χ4n) is 1.87. The molecule has 0 aromatic rings. The quantitative estimate of drug-likeness (QED) is 0.652. The van der Waals surface area contributed by atoms with Crippen molar-refractivity contribution in [3.63, 3.8) is 0 Å². The largest absolute Gasteiger partial charge is 0.391 e. The average Bonchev–Trinajstić information content (AvgIpc) is 2.66. The molecule has 0 bridgehead atoms. The van der Waals surface area contributed by atoms with Crippen molar-refractivity contribution < 1.29 is 9.90 Å². The molecule has 0 aromatic heterocycles. The predicted molar refractivity (Wildman–Crippen MR) is 64.2 cm³/mol. The summed E-state index contributed by atoms with van der Waals surface area (Å²) in [6.07, 6.45) is 4.32. The van der Waals surface area contributed by atoms with E-state index in [0.29, 0.717) is 12.6 Å². The first-order valence-corrected chi connectivity index (χ1v) is 6.14. The maximum Gasteiger partial charge on any atom is 0.234 e. The van der Waals surface area contributed by atoms with Crippen LogP contribution in [0.25, 0.3) is 0 Å². The van der Waals surface area contributed by atoms with Crippen LogP contribution >= 0.6 is 0 Å². The van der Waals surface area contributed by atoms with Crippen LogP contribution < -0.4 is 10.6 Å². The third-order valence-electron chi connectivity index (χ3n) is 3.41. The summed E-state index contributed by atoms with van der Waals surface area (Å²) in [5.41, 5.74) is -0.561. The van der Waals surface area contributed by atoms with E-state index < -0.39 is 11.6 Å². The fourth-order valence-corrected chi connectivity index (χ4v) is 1.87. The summed E-state index contributed by atoms with van der Waals surface area (Å²) in [4.78, 5) is 11.6. The van der Waals surface area contributed by atoms with E-state index in [1.807, 2.05) is 13.8 Å². The molecule has 1 saturated carbocycles. The lowest BCUT2D eigenvalue weighted by Gasteiger charge is -2.29. The van der Waals surface area contributed by atoms with Crippen molar-refractivity contribution >= 4 is 5.91 Å². The zero-order valence-corrected chi connectivity index (χ0v) is 10.5. The van der Waals surface area contributed by atoms with Crippen LogP contribution in [0.3, 0.4) is 0 Å². The first kappa shape index (κ1) is 13.5. The molecule has 1 atom stereocenters. The van der Waals surface area contributed by atoms with E-state index in [0.717, 1.165) is 0 Å². The highest BCUT2D eigenvalue weighted by Gasteiger charge is 2.26. The summed E-state index contributed by atoms with van der Waals surface area (Å²) in [6, 6.07) is 0.500. The van der Waals surface area contributed by atoms with Gasteiger partial charge in [0.1, 0.15) is 0 Å². The van der Waals surface area contributed by atoms with E-state index in [9.17, 15) is 9.90 Å². The molecule has 0 aromatic carbocycles. The predicted octanol–water partition coefficient (Wildman–Crippen LogP) is 0.794. The summed E-state index contributed by atoms with van der Waals surface area (Å²) >= 11 is 0. The summed E-state index contributed by atoms with van der Waals surface area (Å²) < 4.78 is 0. The van der Waals surface area contributed by atoms with Gasteiger partial charge in [0.15, 0.2) is 0 Å². The molecule has 0 saturated heterocycles. The number of rotatable bonds is 5. The van der Waals surface area contributed by atoms with Gasteiger partial charge in [-0.05, 0) is 33.6 Å². The molecule has 0 radical (unpaired) electrons. The van der Waals surface area contributed by atoms with Crippen molar-refractivity contribution in [3.8, 4) is 0 Å². The van der Waals surface area contributed by atoms with Gasteiger partial charge in [0.25, 0.3) is 0 Å². The van der Waals surface area contributed by atoms with Crippen molar-refractivity contribution in [2.45, 2.75) is 64.1 Å². The maximum atomic E-state index is 11.6. The van der Waals surface area contributed by atoms with Gasteiger partial charge in [-0.3, -0.25) is 4.79 Å². The Morgan fingerprint density at radius 1 is 1.44 bits per heavy atom. The van der Waals surface area contributed by atoms with Crippen LogP contribution in [0.15, 0.2) is 0 Å². The lowest BCUT2D eigenvalue weighted by molar-refractivity contribution is -0.123. The Balaban J connectivity index is 2.24. The summed E-state index contributed by atoms with van der Waals surface area (Å²) in [5, 5.41) is 15.6. The second-order valence-electron chi connectivity index (χ2n) is 5.31. The molecule has 1 aliphatic rings. The van der Waals surface area contributed by atoms with Crippen molar-refractivity contribution in [2.75, 3.05) is 6.54 Å². The highest BCUT2D eigenvalue weighted by molar-refractivity contribution is 5.78. The lowest BCUT2D eigenvalue weighted by Crippen LogP contribution is -2.53. The molecule has 4 heteroatoms. The topological polar surface area (TPSA) is 61.4 Å². The number of hydrogen-bond donors (Lipinski definition) is 3. The summed E-state index contributed by atoms with van der Waals surface area (Å²) in [7, 11) is 0. The normalized spacial score (nSPS) is 19.8. The molecule has 1 amide bonds. The van der Waals surface area contributed by atoms with E-state index in [2.05, 4.69) is 10.6 Å². The van der Waals surface area contributed by atoms with Crippen LogP contribution in [0.1, 0.15) is 46.5 Å². The molecule has 0 aliphatic heterocycles. The monoisotopic (exact) mass is 228 g/mol. The Morgan fingerprint density at radius 2 is 2.00 bits per heavy atom. The Labute approximate surface area is 97.8 Å². The highest BCUT2D eigenvalue weighted by atomic mass is 16.3. The van der Waals surface area contributed by atoms with Gasteiger partial charge < -0.3 is 15.7 Å². The second-order valence-corrected chi connectivity index (χ2v) is 5.31.